The molecule has 0 fully saturated rings. The largest absolute Gasteiger partial charge is 0.737 e. The van der Waals surface area contributed by atoms with Crippen LogP contribution < -0.4 is 4.74 Å². The SMILES string of the molecule is COc1ccccc1C1=[N+]2C(=Cc3c4ccc(-c5ccc(F)cc5)cc4c(-c4ccccc4C)n3[B-]2(F)F)c2ccc(-c3ccc(F)cc3)cc21. The summed E-state index contributed by atoms with van der Waals surface area (Å²) >= 11 is 0. The van der Waals surface area contributed by atoms with Crippen LogP contribution in [0.25, 0.3) is 56.1 Å². The van der Waals surface area contributed by atoms with Crippen molar-refractivity contribution in [2.75, 3.05) is 7.11 Å². The van der Waals surface area contributed by atoms with Gasteiger partial charge in [0.05, 0.1) is 23.8 Å². The molecule has 0 bridgehead atoms. The van der Waals surface area contributed by atoms with Gasteiger partial charge in [0.15, 0.2) is 11.4 Å². The minimum atomic E-state index is -4.53. The number of nitrogens with zero attached hydrogens (tertiary/aromatic N) is 2. The molecule has 0 aliphatic carbocycles. The second-order valence-corrected chi connectivity index (χ2v) is 13.0. The molecule has 2 aliphatic heterocycles. The lowest BCUT2D eigenvalue weighted by molar-refractivity contribution is -0.316. The number of halogens is 4. The number of para-hydroxylation sites is 1. The predicted octanol–water partition coefficient (Wildman–Crippen LogP) is 10.8. The summed E-state index contributed by atoms with van der Waals surface area (Å²) in [6.07, 6.45) is 1.86. The fraction of sp³-hybridized carbons (Fsp3) is 0.0465. The summed E-state index contributed by atoms with van der Waals surface area (Å²) in [5.41, 5.74) is 8.00. The number of aromatic nitrogens is 1. The molecular weight excluding hydrogens is 647 g/mol. The lowest BCUT2D eigenvalue weighted by Crippen LogP contribution is -2.50. The summed E-state index contributed by atoms with van der Waals surface area (Å²) in [5.74, 6) is -0.235. The van der Waals surface area contributed by atoms with Gasteiger partial charge >= 0.3 is 6.97 Å². The van der Waals surface area contributed by atoms with Crippen LogP contribution in [0.3, 0.4) is 0 Å². The quantitative estimate of drug-likeness (QED) is 0.131. The fourth-order valence-corrected chi connectivity index (χ4v) is 7.74. The lowest BCUT2D eigenvalue weighted by Gasteiger charge is -2.31. The maximum Gasteiger partial charge on any atom is 0.737 e. The van der Waals surface area contributed by atoms with Crippen LogP contribution in [0.5, 0.6) is 5.75 Å². The molecule has 0 N–H and O–H groups in total. The van der Waals surface area contributed by atoms with E-state index in [-0.39, 0.29) is 11.6 Å². The number of rotatable bonds is 5. The van der Waals surface area contributed by atoms with E-state index in [0.29, 0.717) is 61.6 Å². The highest BCUT2D eigenvalue weighted by atomic mass is 19.2. The molecule has 8 heteroatoms. The van der Waals surface area contributed by atoms with E-state index in [2.05, 4.69) is 0 Å². The second kappa shape index (κ2) is 11.5. The predicted molar refractivity (Wildman–Crippen MR) is 197 cm³/mol. The molecule has 248 valence electrons. The molecule has 9 rings (SSSR count). The highest BCUT2D eigenvalue weighted by molar-refractivity contribution is 6.61. The molecule has 7 aromatic rings. The molecule has 0 spiro atoms. The molecule has 3 nitrogen and oxygen atoms in total. The fourth-order valence-electron chi connectivity index (χ4n) is 7.74. The van der Waals surface area contributed by atoms with Gasteiger partial charge in [0.1, 0.15) is 17.4 Å². The van der Waals surface area contributed by atoms with E-state index in [4.69, 9.17) is 4.74 Å². The van der Waals surface area contributed by atoms with Crippen LogP contribution in [0.4, 0.5) is 17.4 Å². The number of ether oxygens (including phenoxy) is 1. The highest BCUT2D eigenvalue weighted by Gasteiger charge is 2.56. The Hall–Kier alpha value is -6.15. The Bertz CT molecular complexity index is 2620. The van der Waals surface area contributed by atoms with E-state index in [9.17, 15) is 8.78 Å². The average Bonchev–Trinajstić information content (AvgIpc) is 3.66. The maximum absolute atomic E-state index is 18.1. The van der Waals surface area contributed by atoms with E-state index in [1.165, 1.54) is 40.3 Å². The van der Waals surface area contributed by atoms with Crippen LogP contribution in [0.2, 0.25) is 0 Å². The van der Waals surface area contributed by atoms with Gasteiger partial charge in [-0.15, -0.1) is 0 Å². The minimum absolute atomic E-state index is 0.328. The van der Waals surface area contributed by atoms with Crippen molar-refractivity contribution in [3.8, 4) is 39.3 Å². The van der Waals surface area contributed by atoms with Gasteiger partial charge < -0.3 is 22.3 Å². The normalized spacial score (nSPS) is 14.3. The zero-order chi connectivity index (χ0) is 35.0. The molecule has 51 heavy (non-hydrogen) atoms. The van der Waals surface area contributed by atoms with E-state index in [1.54, 1.807) is 36.4 Å². The van der Waals surface area contributed by atoms with Gasteiger partial charge in [0, 0.05) is 28.2 Å². The first-order valence-corrected chi connectivity index (χ1v) is 16.7. The molecule has 6 aromatic carbocycles. The Morgan fingerprint density at radius 3 is 1.84 bits per heavy atom. The number of fused-ring (bicyclic) bond motifs is 6. The first-order chi connectivity index (χ1) is 24.7. The van der Waals surface area contributed by atoms with Crippen LogP contribution in [0.15, 0.2) is 133 Å². The molecular formula is C43H29BF4N2O. The molecule has 0 atom stereocenters. The third-order valence-electron chi connectivity index (χ3n) is 10.1. The summed E-state index contributed by atoms with van der Waals surface area (Å²) in [5, 5.41) is 1.36. The topological polar surface area (TPSA) is 17.2 Å². The minimum Gasteiger partial charge on any atom is -0.496 e. The molecule has 1 aromatic heterocycles. The number of benzene rings is 6. The van der Waals surface area contributed by atoms with Crippen molar-refractivity contribution >= 4 is 35.2 Å². The third-order valence-corrected chi connectivity index (χ3v) is 10.1. The Labute approximate surface area is 292 Å². The summed E-state index contributed by atoms with van der Waals surface area (Å²) in [6.45, 7) is -2.61. The Morgan fingerprint density at radius 1 is 0.588 bits per heavy atom. The summed E-state index contributed by atoms with van der Waals surface area (Å²) in [6, 6.07) is 38.5. The van der Waals surface area contributed by atoms with Crippen molar-refractivity contribution in [2.45, 2.75) is 6.92 Å². The van der Waals surface area contributed by atoms with E-state index in [0.717, 1.165) is 27.8 Å². The van der Waals surface area contributed by atoms with E-state index < -0.39 is 6.97 Å². The van der Waals surface area contributed by atoms with Gasteiger partial charge in [-0.1, -0.05) is 78.9 Å². The Balaban J connectivity index is 1.38. The van der Waals surface area contributed by atoms with Crippen molar-refractivity contribution in [3.63, 3.8) is 0 Å². The van der Waals surface area contributed by atoms with Crippen molar-refractivity contribution in [3.05, 3.63) is 173 Å². The number of aryl methyl sites for hydroxylation is 1. The molecule has 0 saturated carbocycles. The van der Waals surface area contributed by atoms with Crippen LogP contribution in [-0.4, -0.2) is 28.8 Å². The molecule has 0 saturated heterocycles. The van der Waals surface area contributed by atoms with Gasteiger partial charge in [0.25, 0.3) is 0 Å². The zero-order valence-corrected chi connectivity index (χ0v) is 27.7. The first-order valence-electron chi connectivity index (χ1n) is 16.7. The second-order valence-electron chi connectivity index (χ2n) is 13.0. The van der Waals surface area contributed by atoms with Gasteiger partial charge in [-0.25, -0.2) is 8.78 Å². The van der Waals surface area contributed by atoms with E-state index in [1.807, 2.05) is 85.8 Å². The van der Waals surface area contributed by atoms with Crippen LogP contribution >= 0.6 is 0 Å². The first kappa shape index (κ1) is 30.9. The zero-order valence-electron chi connectivity index (χ0n) is 27.7. The standard InChI is InChI=1S/C43H29BF4N2O/c1-26-7-3-4-8-33(26)42-37-23-29(27-11-17-31(45)18-12-27)15-21-34(37)39-25-40-35-22-16-30(28-13-19-32(46)20-14-28)24-38(35)43(50(40)44(47,48)49(39)42)36-9-5-6-10-41(36)51-2/h3-25H,1-2H3. The molecule has 0 amide bonds. The van der Waals surface area contributed by atoms with E-state index >= 15 is 8.63 Å². The molecule has 0 unspecified atom stereocenters. The van der Waals surface area contributed by atoms with Crippen LogP contribution in [-0.2, 0) is 0 Å². The monoisotopic (exact) mass is 676 g/mol. The molecule has 3 heterocycles. The summed E-state index contributed by atoms with van der Waals surface area (Å²) < 4.78 is 72.1. The summed E-state index contributed by atoms with van der Waals surface area (Å²) in [4.78, 5) is 0. The average molecular weight is 677 g/mol. The van der Waals surface area contributed by atoms with Crippen LogP contribution in [0, 0.1) is 18.6 Å². The molecule has 2 aliphatic rings. The number of hydrogen-bond acceptors (Lipinski definition) is 1. The smallest absolute Gasteiger partial charge is 0.496 e. The van der Waals surface area contributed by atoms with Gasteiger partial charge in [0.2, 0.25) is 0 Å². The van der Waals surface area contributed by atoms with Crippen LogP contribution in [0.1, 0.15) is 27.9 Å². The van der Waals surface area contributed by atoms with Gasteiger partial charge in [-0.2, -0.15) is 0 Å². The van der Waals surface area contributed by atoms with Crippen molar-refractivity contribution in [2.24, 2.45) is 0 Å². The Kier molecular flexibility index (Phi) is 6.94. The van der Waals surface area contributed by atoms with Crippen molar-refractivity contribution < 1.29 is 26.6 Å². The summed E-state index contributed by atoms with van der Waals surface area (Å²) in [7, 11) is 1.53. The lowest BCUT2D eigenvalue weighted by atomic mass is 9.88. The molecule has 0 radical (unpaired) electrons. The van der Waals surface area contributed by atoms with Gasteiger partial charge in [-0.3, -0.25) is 0 Å². The van der Waals surface area contributed by atoms with Gasteiger partial charge in [-0.05, 0) is 94.9 Å². The maximum atomic E-state index is 18.1. The van der Waals surface area contributed by atoms with Crippen molar-refractivity contribution in [1.29, 1.82) is 0 Å². The van der Waals surface area contributed by atoms with Crippen molar-refractivity contribution in [1.82, 2.24) is 4.48 Å². The third kappa shape index (κ3) is 4.70. The Morgan fingerprint density at radius 2 is 1.18 bits per heavy atom. The highest BCUT2D eigenvalue weighted by Crippen LogP contribution is 2.48. The number of hydrogen-bond donors (Lipinski definition) is 0. The number of methoxy groups -OCH3 is 1.